The smallest absolute Gasteiger partial charge is 0.175 e. The molecule has 0 spiro atoms. The normalized spacial score (nSPS) is 15.7. The molecule has 2 aromatic rings. The molecule has 6 heteroatoms. The van der Waals surface area contributed by atoms with Gasteiger partial charge < -0.3 is 4.90 Å². The molecule has 1 fully saturated rings. The van der Waals surface area contributed by atoms with E-state index in [-0.39, 0.29) is 0 Å². The number of rotatable bonds is 4. The molecule has 1 aliphatic heterocycles. The van der Waals surface area contributed by atoms with Crippen LogP contribution in [0.15, 0.2) is 24.4 Å². The van der Waals surface area contributed by atoms with Crippen molar-refractivity contribution in [2.45, 2.75) is 13.3 Å². The number of hydrogen-bond acceptors (Lipinski definition) is 5. The lowest BCUT2D eigenvalue weighted by Gasteiger charge is -2.34. The first-order valence-corrected chi connectivity index (χ1v) is 7.53. The fourth-order valence-corrected chi connectivity index (χ4v) is 2.57. The summed E-state index contributed by atoms with van der Waals surface area (Å²) in [5, 5.41) is 13.0. The number of anilines is 1. The van der Waals surface area contributed by atoms with Gasteiger partial charge in [-0.1, -0.05) is 0 Å². The molecule has 3 rings (SSSR count). The maximum absolute atomic E-state index is 5.32. The molecule has 0 amide bonds. The van der Waals surface area contributed by atoms with Crippen LogP contribution < -0.4 is 4.90 Å². The summed E-state index contributed by atoms with van der Waals surface area (Å²) in [4.78, 5) is 4.65. The average Bonchev–Trinajstić information content (AvgIpc) is 3.00. The Bertz CT molecular complexity index is 646. The van der Waals surface area contributed by atoms with E-state index in [0.29, 0.717) is 0 Å². The van der Waals surface area contributed by atoms with E-state index in [1.165, 1.54) is 0 Å². The van der Waals surface area contributed by atoms with Crippen molar-refractivity contribution in [2.24, 2.45) is 0 Å². The Morgan fingerprint density at radius 1 is 1.09 bits per heavy atom. The highest BCUT2D eigenvalue weighted by Crippen LogP contribution is 2.14. The molecule has 1 saturated heterocycles. The Labute approximate surface area is 130 Å². The number of hydrogen-bond donors (Lipinski definition) is 0. The van der Waals surface area contributed by atoms with Crippen LogP contribution in [0.2, 0.25) is 0 Å². The van der Waals surface area contributed by atoms with Crippen LogP contribution in [0, 0.1) is 19.3 Å². The number of nitrogens with zero attached hydrogens (tertiary/aromatic N) is 6. The Morgan fingerprint density at radius 3 is 2.41 bits per heavy atom. The molecule has 114 valence electrons. The molecule has 0 atom stereocenters. The van der Waals surface area contributed by atoms with Crippen LogP contribution in [0.5, 0.6) is 0 Å². The first kappa shape index (κ1) is 14.5. The van der Waals surface area contributed by atoms with E-state index in [1.54, 1.807) is 4.68 Å². The van der Waals surface area contributed by atoms with Crippen LogP contribution in [-0.2, 0) is 0 Å². The van der Waals surface area contributed by atoms with Crippen LogP contribution in [-0.4, -0.2) is 57.6 Å². The predicted octanol–water partition coefficient (Wildman–Crippen LogP) is 1.12. The van der Waals surface area contributed by atoms with Crippen LogP contribution in [0.25, 0.3) is 5.82 Å². The Hall–Kier alpha value is -2.39. The molecule has 2 aromatic heterocycles. The van der Waals surface area contributed by atoms with E-state index in [9.17, 15) is 0 Å². The predicted molar refractivity (Wildman–Crippen MR) is 86.0 cm³/mol. The van der Waals surface area contributed by atoms with Gasteiger partial charge in [-0.15, -0.1) is 22.5 Å². The van der Waals surface area contributed by atoms with Gasteiger partial charge in [0.25, 0.3) is 0 Å². The molecule has 0 unspecified atom stereocenters. The summed E-state index contributed by atoms with van der Waals surface area (Å²) in [6.07, 6.45) is 8.02. The van der Waals surface area contributed by atoms with Crippen molar-refractivity contribution < 1.29 is 0 Å². The zero-order valence-electron chi connectivity index (χ0n) is 12.8. The average molecular weight is 296 g/mol. The summed E-state index contributed by atoms with van der Waals surface area (Å²) < 4.78 is 1.74. The highest BCUT2D eigenvalue weighted by molar-refractivity contribution is 5.40. The van der Waals surface area contributed by atoms with Crippen molar-refractivity contribution in [2.75, 3.05) is 37.6 Å². The van der Waals surface area contributed by atoms with Gasteiger partial charge in [-0.2, -0.15) is 5.10 Å². The highest BCUT2D eigenvalue weighted by Gasteiger charge is 2.17. The van der Waals surface area contributed by atoms with Crippen molar-refractivity contribution >= 4 is 5.82 Å². The summed E-state index contributed by atoms with van der Waals surface area (Å²) in [6.45, 7) is 6.89. The minimum absolute atomic E-state index is 0.740. The zero-order chi connectivity index (χ0) is 15.4. The van der Waals surface area contributed by atoms with E-state index in [1.807, 2.05) is 31.3 Å². The molecule has 0 bridgehead atoms. The molecule has 0 aliphatic carbocycles. The molecule has 0 saturated carbocycles. The van der Waals surface area contributed by atoms with Crippen molar-refractivity contribution in [3.8, 4) is 18.2 Å². The highest BCUT2D eigenvalue weighted by atomic mass is 15.4. The lowest BCUT2D eigenvalue weighted by atomic mass is 10.3. The van der Waals surface area contributed by atoms with Crippen LogP contribution in [0.3, 0.4) is 0 Å². The molecule has 0 aromatic carbocycles. The topological polar surface area (TPSA) is 50.1 Å². The first-order valence-electron chi connectivity index (χ1n) is 7.53. The molecular formula is C16H20N6. The molecule has 22 heavy (non-hydrogen) atoms. The Balaban J connectivity index is 1.61. The van der Waals surface area contributed by atoms with E-state index >= 15 is 0 Å². The monoisotopic (exact) mass is 296 g/mol. The maximum Gasteiger partial charge on any atom is 0.175 e. The number of aryl methyl sites for hydroxylation is 1. The minimum Gasteiger partial charge on any atom is -0.353 e. The number of aromatic nitrogens is 4. The minimum atomic E-state index is 0.740. The second kappa shape index (κ2) is 6.58. The summed E-state index contributed by atoms with van der Waals surface area (Å²) in [6, 6.07) is 5.92. The van der Waals surface area contributed by atoms with Crippen molar-refractivity contribution in [3.05, 3.63) is 30.1 Å². The second-order valence-corrected chi connectivity index (χ2v) is 5.43. The van der Waals surface area contributed by atoms with Gasteiger partial charge in [0.05, 0.1) is 5.69 Å². The van der Waals surface area contributed by atoms with Crippen LogP contribution in [0.4, 0.5) is 5.82 Å². The maximum atomic E-state index is 5.32. The Kier molecular flexibility index (Phi) is 4.35. The van der Waals surface area contributed by atoms with E-state index < -0.39 is 0 Å². The molecule has 0 radical (unpaired) electrons. The number of piperazine rings is 1. The summed E-state index contributed by atoms with van der Waals surface area (Å²) in [5.41, 5.74) is 0.967. The van der Waals surface area contributed by atoms with Gasteiger partial charge >= 0.3 is 0 Å². The third-order valence-corrected chi connectivity index (χ3v) is 3.86. The largest absolute Gasteiger partial charge is 0.353 e. The van der Waals surface area contributed by atoms with Crippen molar-refractivity contribution in [1.82, 2.24) is 24.9 Å². The van der Waals surface area contributed by atoms with Gasteiger partial charge in [-0.25, -0.2) is 4.68 Å². The second-order valence-electron chi connectivity index (χ2n) is 5.43. The third kappa shape index (κ3) is 3.26. The molecule has 3 heterocycles. The van der Waals surface area contributed by atoms with Gasteiger partial charge in [0.15, 0.2) is 11.6 Å². The standard InChI is InChI=1S/C16H20N6/c1-3-4-8-20-10-12-21(13-11-20)15-5-6-16(18-17-15)22-9-7-14(2)19-22/h1,5-7,9H,4,8,10-13H2,2H3. The summed E-state index contributed by atoms with van der Waals surface area (Å²) >= 11 is 0. The van der Waals surface area contributed by atoms with Gasteiger partial charge in [-0.3, -0.25) is 4.90 Å². The third-order valence-electron chi connectivity index (χ3n) is 3.86. The first-order chi connectivity index (χ1) is 10.8. The van der Waals surface area contributed by atoms with E-state index in [0.717, 1.165) is 56.5 Å². The fourth-order valence-electron chi connectivity index (χ4n) is 2.57. The SMILES string of the molecule is C#CCCN1CCN(c2ccc(-n3ccc(C)n3)nn2)CC1. The molecule has 0 N–H and O–H groups in total. The number of terminal acetylenes is 1. The Morgan fingerprint density at radius 2 is 1.82 bits per heavy atom. The van der Waals surface area contributed by atoms with Crippen molar-refractivity contribution in [3.63, 3.8) is 0 Å². The lowest BCUT2D eigenvalue weighted by molar-refractivity contribution is 0.263. The summed E-state index contributed by atoms with van der Waals surface area (Å²) in [5.74, 6) is 4.36. The molecule has 6 nitrogen and oxygen atoms in total. The zero-order valence-corrected chi connectivity index (χ0v) is 12.8. The fraction of sp³-hybridized carbons (Fsp3) is 0.438. The summed E-state index contributed by atoms with van der Waals surface area (Å²) in [7, 11) is 0. The molecule has 1 aliphatic rings. The van der Waals surface area contributed by atoms with Gasteiger partial charge in [0.2, 0.25) is 0 Å². The van der Waals surface area contributed by atoms with Crippen molar-refractivity contribution in [1.29, 1.82) is 0 Å². The van der Waals surface area contributed by atoms with Gasteiger partial charge in [0.1, 0.15) is 0 Å². The lowest BCUT2D eigenvalue weighted by Crippen LogP contribution is -2.46. The van der Waals surface area contributed by atoms with Crippen LogP contribution >= 0.6 is 0 Å². The van der Waals surface area contributed by atoms with Gasteiger partial charge in [-0.05, 0) is 25.1 Å². The quantitative estimate of drug-likeness (QED) is 0.791. The van der Waals surface area contributed by atoms with E-state index in [4.69, 9.17) is 6.42 Å². The van der Waals surface area contributed by atoms with E-state index in [2.05, 4.69) is 31.0 Å². The molecular weight excluding hydrogens is 276 g/mol. The van der Waals surface area contributed by atoms with Gasteiger partial charge in [0, 0.05) is 45.3 Å². The van der Waals surface area contributed by atoms with Crippen LogP contribution in [0.1, 0.15) is 12.1 Å².